The predicted molar refractivity (Wildman–Crippen MR) is 94.2 cm³/mol. The van der Waals surface area contributed by atoms with E-state index in [1.165, 1.54) is 11.3 Å². The normalized spacial score (nSPS) is 10.8. The third-order valence-electron chi connectivity index (χ3n) is 3.37. The number of hydrogen-bond acceptors (Lipinski definition) is 5. The van der Waals surface area contributed by atoms with Crippen LogP contribution >= 0.6 is 11.3 Å². The largest absolute Gasteiger partial charge is 0.493 e. The molecule has 1 heterocycles. The van der Waals surface area contributed by atoms with Gasteiger partial charge in [-0.3, -0.25) is 4.79 Å². The molecule has 1 N–H and O–H groups in total. The summed E-state index contributed by atoms with van der Waals surface area (Å²) in [5.41, 5.74) is 1.96. The summed E-state index contributed by atoms with van der Waals surface area (Å²) in [7, 11) is 3.17. The molecule has 6 heteroatoms. The lowest BCUT2D eigenvalue weighted by atomic mass is 10.1. The first-order valence-electron chi connectivity index (χ1n) is 7.31. The number of carbonyl (C=O) groups is 1. The van der Waals surface area contributed by atoms with Crippen LogP contribution in [0, 0.1) is 11.3 Å². The summed E-state index contributed by atoms with van der Waals surface area (Å²) >= 11 is 1.52. The van der Waals surface area contributed by atoms with Gasteiger partial charge in [0.1, 0.15) is 11.6 Å². The van der Waals surface area contributed by atoms with Crippen molar-refractivity contribution in [2.45, 2.75) is 6.42 Å². The summed E-state index contributed by atoms with van der Waals surface area (Å²) in [6.07, 6.45) is 2.21. The molecule has 0 unspecified atom stereocenters. The molecule has 24 heavy (non-hydrogen) atoms. The van der Waals surface area contributed by atoms with Crippen molar-refractivity contribution in [1.82, 2.24) is 5.32 Å². The van der Waals surface area contributed by atoms with Gasteiger partial charge in [-0.05, 0) is 52.6 Å². The summed E-state index contributed by atoms with van der Waals surface area (Å²) in [6.45, 7) is 0.428. The Morgan fingerprint density at radius 3 is 2.71 bits per heavy atom. The molecule has 0 atom stereocenters. The van der Waals surface area contributed by atoms with Gasteiger partial charge in [-0.2, -0.15) is 16.6 Å². The van der Waals surface area contributed by atoms with E-state index < -0.39 is 0 Å². The van der Waals surface area contributed by atoms with E-state index in [4.69, 9.17) is 14.7 Å². The molecule has 0 aliphatic carbocycles. The van der Waals surface area contributed by atoms with Gasteiger partial charge in [-0.15, -0.1) is 0 Å². The van der Waals surface area contributed by atoms with E-state index in [0.717, 1.165) is 11.1 Å². The van der Waals surface area contributed by atoms with Gasteiger partial charge in [0, 0.05) is 6.54 Å². The maximum atomic E-state index is 12.1. The van der Waals surface area contributed by atoms with Crippen molar-refractivity contribution in [3.8, 4) is 17.6 Å². The maximum absolute atomic E-state index is 12.1. The minimum Gasteiger partial charge on any atom is -0.493 e. The Bertz CT molecular complexity index is 761. The number of ether oxygens (including phenoxy) is 2. The number of rotatable bonds is 7. The molecule has 1 aromatic carbocycles. The number of benzene rings is 1. The van der Waals surface area contributed by atoms with Gasteiger partial charge < -0.3 is 14.8 Å². The summed E-state index contributed by atoms with van der Waals surface area (Å²) in [4.78, 5) is 12.1. The van der Waals surface area contributed by atoms with Gasteiger partial charge in [0.2, 0.25) is 0 Å². The third kappa shape index (κ3) is 4.61. The van der Waals surface area contributed by atoms with Crippen molar-refractivity contribution in [2.75, 3.05) is 20.8 Å². The topological polar surface area (TPSA) is 71.3 Å². The fraction of sp³-hybridized carbons (Fsp3) is 0.222. The Morgan fingerprint density at radius 2 is 2.08 bits per heavy atom. The fourth-order valence-electron chi connectivity index (χ4n) is 2.12. The van der Waals surface area contributed by atoms with Crippen molar-refractivity contribution in [1.29, 1.82) is 5.26 Å². The lowest BCUT2D eigenvalue weighted by molar-refractivity contribution is -0.117. The standard InChI is InChI=1S/C18H18N2O3S/c1-22-16-4-3-13(10-17(16)23-2)5-7-20-18(21)15(11-19)9-14-6-8-24-12-14/h3-4,6,8-10,12H,5,7H2,1-2H3,(H,20,21)/b15-9+. The average molecular weight is 342 g/mol. The van der Waals surface area contributed by atoms with Crippen LogP contribution < -0.4 is 14.8 Å². The summed E-state index contributed by atoms with van der Waals surface area (Å²) in [5, 5.41) is 15.7. The van der Waals surface area contributed by atoms with Gasteiger partial charge >= 0.3 is 0 Å². The van der Waals surface area contributed by atoms with Crippen molar-refractivity contribution in [2.24, 2.45) is 0 Å². The molecule has 5 nitrogen and oxygen atoms in total. The molecular weight excluding hydrogens is 324 g/mol. The van der Waals surface area contributed by atoms with Crippen LogP contribution in [0.3, 0.4) is 0 Å². The van der Waals surface area contributed by atoms with Crippen molar-refractivity contribution in [3.63, 3.8) is 0 Å². The van der Waals surface area contributed by atoms with E-state index >= 15 is 0 Å². The number of hydrogen-bond donors (Lipinski definition) is 1. The quantitative estimate of drug-likeness (QED) is 0.620. The van der Waals surface area contributed by atoms with Crippen LogP contribution in [-0.2, 0) is 11.2 Å². The second-order valence-corrected chi connectivity index (χ2v) is 5.70. The van der Waals surface area contributed by atoms with Crippen LogP contribution in [0.2, 0.25) is 0 Å². The minimum absolute atomic E-state index is 0.0979. The SMILES string of the molecule is COc1ccc(CCNC(=O)/C(C#N)=C/c2ccsc2)cc1OC. The van der Waals surface area contributed by atoms with Crippen molar-refractivity contribution >= 4 is 23.3 Å². The molecule has 0 spiro atoms. The molecule has 1 aromatic heterocycles. The zero-order chi connectivity index (χ0) is 17.4. The smallest absolute Gasteiger partial charge is 0.261 e. The molecule has 0 aliphatic rings. The first-order valence-corrected chi connectivity index (χ1v) is 8.25. The number of amides is 1. The van der Waals surface area contributed by atoms with E-state index in [9.17, 15) is 4.79 Å². The highest BCUT2D eigenvalue weighted by Crippen LogP contribution is 2.27. The molecule has 124 valence electrons. The molecule has 0 saturated carbocycles. The third-order valence-corrected chi connectivity index (χ3v) is 4.07. The Hall–Kier alpha value is -2.78. The Morgan fingerprint density at radius 1 is 1.29 bits per heavy atom. The zero-order valence-corrected chi connectivity index (χ0v) is 14.4. The van der Waals surface area contributed by atoms with Crippen LogP contribution in [0.25, 0.3) is 6.08 Å². The fourth-order valence-corrected chi connectivity index (χ4v) is 2.74. The minimum atomic E-state index is -0.371. The number of methoxy groups -OCH3 is 2. The molecule has 2 rings (SSSR count). The summed E-state index contributed by atoms with van der Waals surface area (Å²) in [6, 6.07) is 9.41. The van der Waals surface area contributed by atoms with Gasteiger partial charge in [-0.25, -0.2) is 0 Å². The van der Waals surface area contributed by atoms with Crippen molar-refractivity contribution < 1.29 is 14.3 Å². The van der Waals surface area contributed by atoms with Crippen LogP contribution in [0.15, 0.2) is 40.6 Å². The Kier molecular flexibility index (Phi) is 6.41. The number of thiophene rings is 1. The van der Waals surface area contributed by atoms with Crippen molar-refractivity contribution in [3.05, 3.63) is 51.7 Å². The van der Waals surface area contributed by atoms with E-state index in [0.29, 0.717) is 24.5 Å². The first-order chi connectivity index (χ1) is 11.7. The van der Waals surface area contributed by atoms with Gasteiger partial charge in [0.25, 0.3) is 5.91 Å². The van der Waals surface area contributed by atoms with Gasteiger partial charge in [0.05, 0.1) is 14.2 Å². The highest BCUT2D eigenvalue weighted by atomic mass is 32.1. The Balaban J connectivity index is 1.94. The summed E-state index contributed by atoms with van der Waals surface area (Å²) < 4.78 is 10.4. The highest BCUT2D eigenvalue weighted by molar-refractivity contribution is 7.08. The second-order valence-electron chi connectivity index (χ2n) is 4.92. The molecule has 0 aliphatic heterocycles. The molecule has 0 saturated heterocycles. The van der Waals surface area contributed by atoms with Crippen LogP contribution in [0.5, 0.6) is 11.5 Å². The molecule has 2 aromatic rings. The van der Waals surface area contributed by atoms with Gasteiger partial charge in [0.15, 0.2) is 11.5 Å². The van der Waals surface area contributed by atoms with Gasteiger partial charge in [-0.1, -0.05) is 6.07 Å². The van der Waals surface area contributed by atoms with Crippen LogP contribution in [0.1, 0.15) is 11.1 Å². The monoisotopic (exact) mass is 342 g/mol. The van der Waals surface area contributed by atoms with E-state index in [1.54, 1.807) is 20.3 Å². The van der Waals surface area contributed by atoms with E-state index in [2.05, 4.69) is 5.32 Å². The first kappa shape index (κ1) is 17.6. The molecule has 1 amide bonds. The molecule has 0 bridgehead atoms. The lowest BCUT2D eigenvalue weighted by Crippen LogP contribution is -2.26. The average Bonchev–Trinajstić information content (AvgIpc) is 3.12. The van der Waals surface area contributed by atoms with Crippen LogP contribution in [-0.4, -0.2) is 26.7 Å². The van der Waals surface area contributed by atoms with Crippen LogP contribution in [0.4, 0.5) is 0 Å². The molecule has 0 fully saturated rings. The number of nitrogens with one attached hydrogen (secondary N) is 1. The van der Waals surface area contributed by atoms with E-state index in [-0.39, 0.29) is 11.5 Å². The van der Waals surface area contributed by atoms with E-state index in [1.807, 2.05) is 41.1 Å². The number of carbonyl (C=O) groups excluding carboxylic acids is 1. The predicted octanol–water partition coefficient (Wildman–Crippen LogP) is 3.03. The summed E-state index contributed by atoms with van der Waals surface area (Å²) in [5.74, 6) is 0.941. The zero-order valence-electron chi connectivity index (χ0n) is 13.5. The number of nitrogens with zero attached hydrogens (tertiary/aromatic N) is 1. The lowest BCUT2D eigenvalue weighted by Gasteiger charge is -2.10. The second kappa shape index (κ2) is 8.75. The highest BCUT2D eigenvalue weighted by Gasteiger charge is 2.09. The maximum Gasteiger partial charge on any atom is 0.261 e. The number of nitriles is 1. The molecule has 0 radical (unpaired) electrons. The Labute approximate surface area is 145 Å². The molecular formula is C18H18N2O3S.